The lowest BCUT2D eigenvalue weighted by molar-refractivity contribution is -0.135. The minimum atomic E-state index is -0.687. The van der Waals surface area contributed by atoms with E-state index in [1.165, 1.54) is 0 Å². The number of hydrogen-bond acceptors (Lipinski definition) is 5. The van der Waals surface area contributed by atoms with Crippen LogP contribution in [0.15, 0.2) is 70.3 Å². The zero-order valence-corrected chi connectivity index (χ0v) is 18.9. The van der Waals surface area contributed by atoms with Gasteiger partial charge in [-0.3, -0.25) is 14.4 Å². The van der Waals surface area contributed by atoms with Gasteiger partial charge < -0.3 is 19.0 Å². The molecule has 0 spiro atoms. The molecule has 3 heterocycles. The average Bonchev–Trinajstić information content (AvgIpc) is 2.81. The molecule has 0 saturated carbocycles. The van der Waals surface area contributed by atoms with Gasteiger partial charge in [0.05, 0.1) is 17.5 Å². The van der Waals surface area contributed by atoms with Gasteiger partial charge in [0.25, 0.3) is 11.1 Å². The molecule has 4 aromatic rings. The predicted octanol–water partition coefficient (Wildman–Crippen LogP) is 3.40. The Morgan fingerprint density at radius 1 is 1.00 bits per heavy atom. The van der Waals surface area contributed by atoms with Crippen LogP contribution in [0.1, 0.15) is 34.7 Å². The van der Waals surface area contributed by atoms with Crippen LogP contribution in [-0.2, 0) is 24.8 Å². The van der Waals surface area contributed by atoms with E-state index in [0.717, 1.165) is 16.5 Å². The number of benzene rings is 2. The highest BCUT2D eigenvalue weighted by molar-refractivity contribution is 5.81. The number of carbonyl (C=O) groups excluding carboxylic acids is 1. The molecule has 0 unspecified atom stereocenters. The molecule has 0 fully saturated rings. The Morgan fingerprint density at radius 2 is 1.74 bits per heavy atom. The van der Waals surface area contributed by atoms with E-state index in [1.54, 1.807) is 47.4 Å². The van der Waals surface area contributed by atoms with Crippen molar-refractivity contribution in [3.05, 3.63) is 104 Å². The maximum absolute atomic E-state index is 13.7. The number of pyridine rings is 2. The molecule has 0 saturated heterocycles. The third-order valence-corrected chi connectivity index (χ3v) is 6.55. The van der Waals surface area contributed by atoms with Crippen LogP contribution >= 0.6 is 0 Å². The number of ether oxygens (including phenoxy) is 1. The molecular weight excluding hydrogens is 432 g/mol. The highest BCUT2D eigenvalue weighted by Crippen LogP contribution is 2.36. The summed E-state index contributed by atoms with van der Waals surface area (Å²) < 4.78 is 8.66. The molecule has 7 heteroatoms. The molecule has 2 aromatic carbocycles. The summed E-state index contributed by atoms with van der Waals surface area (Å²) in [6, 6.07) is 17.9. The van der Waals surface area contributed by atoms with E-state index in [1.807, 2.05) is 36.4 Å². The monoisotopic (exact) mass is 456 g/mol. The van der Waals surface area contributed by atoms with Crippen molar-refractivity contribution >= 4 is 16.9 Å². The number of aryl methyl sites for hydroxylation is 3. The number of nitrogens with zero attached hydrogens (tertiary/aromatic N) is 2. The minimum Gasteiger partial charge on any atom is -0.508 e. The minimum absolute atomic E-state index is 0.0726. The fourth-order valence-corrected chi connectivity index (χ4v) is 4.74. The first-order chi connectivity index (χ1) is 16.3. The molecule has 0 radical (unpaired) electrons. The molecular formula is C27H24N2O5. The second kappa shape index (κ2) is 8.33. The Morgan fingerprint density at radius 3 is 2.50 bits per heavy atom. The van der Waals surface area contributed by atoms with Gasteiger partial charge in [0.1, 0.15) is 11.5 Å². The molecule has 0 bridgehead atoms. The lowest BCUT2D eigenvalue weighted by Crippen LogP contribution is -2.36. The van der Waals surface area contributed by atoms with Gasteiger partial charge in [-0.2, -0.15) is 0 Å². The summed E-state index contributed by atoms with van der Waals surface area (Å²) in [7, 11) is 1.70. The third-order valence-electron chi connectivity index (χ3n) is 6.55. The molecule has 1 aliphatic rings. The van der Waals surface area contributed by atoms with Crippen molar-refractivity contribution in [2.45, 2.75) is 32.2 Å². The van der Waals surface area contributed by atoms with Crippen molar-refractivity contribution < 1.29 is 14.6 Å². The van der Waals surface area contributed by atoms with Crippen molar-refractivity contribution in [1.29, 1.82) is 0 Å². The van der Waals surface area contributed by atoms with Gasteiger partial charge in [0.15, 0.2) is 0 Å². The van der Waals surface area contributed by atoms with Crippen LogP contribution in [-0.4, -0.2) is 20.2 Å². The summed E-state index contributed by atoms with van der Waals surface area (Å²) in [4.78, 5) is 39.4. The average molecular weight is 456 g/mol. The van der Waals surface area contributed by atoms with Crippen molar-refractivity contribution in [2.24, 2.45) is 7.05 Å². The Bertz CT molecular complexity index is 1550. The quantitative estimate of drug-likeness (QED) is 0.476. The Hall–Kier alpha value is -4.13. The van der Waals surface area contributed by atoms with Gasteiger partial charge in [0.2, 0.25) is 0 Å². The molecule has 5 rings (SSSR count). The number of phenols is 1. The summed E-state index contributed by atoms with van der Waals surface area (Å²) >= 11 is 0. The molecule has 0 aliphatic carbocycles. The van der Waals surface area contributed by atoms with E-state index >= 15 is 0 Å². The normalized spacial score (nSPS) is 15.2. The van der Waals surface area contributed by atoms with Gasteiger partial charge >= 0.3 is 5.97 Å². The van der Waals surface area contributed by atoms with Gasteiger partial charge in [-0.15, -0.1) is 0 Å². The molecule has 1 aliphatic heterocycles. The first kappa shape index (κ1) is 21.7. The second-order valence-electron chi connectivity index (χ2n) is 8.69. The number of fused-ring (bicyclic) bond motifs is 2. The van der Waals surface area contributed by atoms with Crippen molar-refractivity contribution in [2.75, 3.05) is 0 Å². The Balaban J connectivity index is 1.63. The SMILES string of the molecule is Cc1cc2c(c(=O)n1CCc1ccc(O)cc1)[C@H](c1cc3ccccc3n(C)c1=O)CC(=O)O2. The Kier molecular flexibility index (Phi) is 5.32. The maximum Gasteiger partial charge on any atom is 0.312 e. The second-order valence-corrected chi connectivity index (χ2v) is 8.69. The van der Waals surface area contributed by atoms with E-state index in [0.29, 0.717) is 29.8 Å². The smallest absolute Gasteiger partial charge is 0.312 e. The molecule has 172 valence electrons. The number of aromatic hydroxyl groups is 1. The lowest BCUT2D eigenvalue weighted by atomic mass is 9.87. The summed E-state index contributed by atoms with van der Waals surface area (Å²) in [6.45, 7) is 2.21. The predicted molar refractivity (Wildman–Crippen MR) is 129 cm³/mol. The maximum atomic E-state index is 13.7. The van der Waals surface area contributed by atoms with Crippen LogP contribution in [0.25, 0.3) is 10.9 Å². The standard InChI is InChI=1S/C27H24N2O5/c1-16-13-23-25(27(33)29(16)12-11-17-7-9-19(30)10-8-17)20(15-24(31)34-23)21-14-18-5-3-4-6-22(18)28(2)26(21)32/h3-10,13-14,20,30H,11-12,15H2,1-2H3/t20-/m0/s1. The van der Waals surface area contributed by atoms with Crippen molar-refractivity contribution in [1.82, 2.24) is 9.13 Å². The van der Waals surface area contributed by atoms with Gasteiger partial charge in [-0.1, -0.05) is 30.3 Å². The zero-order valence-electron chi connectivity index (χ0n) is 18.9. The number of carbonyl (C=O) groups is 1. The number of phenolic OH excluding ortho intramolecular Hbond substituents is 1. The highest BCUT2D eigenvalue weighted by Gasteiger charge is 2.34. The molecule has 34 heavy (non-hydrogen) atoms. The number of para-hydroxylation sites is 1. The summed E-state index contributed by atoms with van der Waals surface area (Å²) in [5, 5.41) is 10.4. The van der Waals surface area contributed by atoms with Crippen LogP contribution in [0.2, 0.25) is 0 Å². The summed E-state index contributed by atoms with van der Waals surface area (Å²) in [5.74, 6) is -0.742. The molecule has 7 nitrogen and oxygen atoms in total. The van der Waals surface area contributed by atoms with E-state index in [4.69, 9.17) is 4.74 Å². The fraction of sp³-hybridized carbons (Fsp3) is 0.222. The highest BCUT2D eigenvalue weighted by atomic mass is 16.5. The van der Waals surface area contributed by atoms with Crippen molar-refractivity contribution in [3.63, 3.8) is 0 Å². The van der Waals surface area contributed by atoms with Crippen LogP contribution < -0.4 is 15.9 Å². The lowest BCUT2D eigenvalue weighted by Gasteiger charge is -2.26. The third kappa shape index (κ3) is 3.69. The van der Waals surface area contributed by atoms with Crippen molar-refractivity contribution in [3.8, 4) is 11.5 Å². The van der Waals surface area contributed by atoms with Crippen LogP contribution in [0.4, 0.5) is 0 Å². The first-order valence-corrected chi connectivity index (χ1v) is 11.1. The number of rotatable bonds is 4. The van der Waals surface area contributed by atoms with E-state index < -0.39 is 11.9 Å². The zero-order chi connectivity index (χ0) is 24.0. The number of esters is 1. The van der Waals surface area contributed by atoms with Gasteiger partial charge in [0, 0.05) is 36.8 Å². The number of hydrogen-bond donors (Lipinski definition) is 1. The van der Waals surface area contributed by atoms with Crippen LogP contribution in [0.5, 0.6) is 11.5 Å². The van der Waals surface area contributed by atoms with Gasteiger partial charge in [-0.05, 0) is 48.6 Å². The largest absolute Gasteiger partial charge is 0.508 e. The molecule has 2 aromatic heterocycles. The molecule has 1 N–H and O–H groups in total. The fourth-order valence-electron chi connectivity index (χ4n) is 4.74. The van der Waals surface area contributed by atoms with E-state index in [9.17, 15) is 19.5 Å². The summed E-state index contributed by atoms with van der Waals surface area (Å²) in [6.07, 6.45) is 0.513. The molecule has 1 atom stereocenters. The van der Waals surface area contributed by atoms with E-state index in [-0.39, 0.29) is 29.0 Å². The van der Waals surface area contributed by atoms with Crippen LogP contribution in [0, 0.1) is 6.92 Å². The number of aromatic nitrogens is 2. The van der Waals surface area contributed by atoms with E-state index in [2.05, 4.69) is 0 Å². The Labute approximate surface area is 195 Å². The van der Waals surface area contributed by atoms with Crippen LogP contribution in [0.3, 0.4) is 0 Å². The van der Waals surface area contributed by atoms with Gasteiger partial charge in [-0.25, -0.2) is 0 Å². The molecule has 0 amide bonds. The topological polar surface area (TPSA) is 90.5 Å². The summed E-state index contributed by atoms with van der Waals surface area (Å²) in [5.41, 5.74) is 2.68. The first-order valence-electron chi connectivity index (χ1n) is 11.1.